The van der Waals surface area contributed by atoms with Gasteiger partial charge >= 0.3 is 12.0 Å². The number of halogens is 1. The van der Waals surface area contributed by atoms with E-state index in [-0.39, 0.29) is 0 Å². The SMILES string of the molecule is Cc1ccc(Br)cc1NC(=O)NOCC(=O)O. The molecule has 0 unspecified atom stereocenters. The fraction of sp³-hybridized carbons (Fsp3) is 0.200. The number of carboxylic acid groups (broad SMARTS) is 1. The zero-order valence-electron chi connectivity index (χ0n) is 8.99. The average molecular weight is 303 g/mol. The number of hydrogen-bond donors (Lipinski definition) is 3. The van der Waals surface area contributed by atoms with Crippen molar-refractivity contribution in [1.29, 1.82) is 0 Å². The number of carbonyl (C=O) groups excluding carboxylic acids is 1. The molecule has 0 bridgehead atoms. The first-order chi connectivity index (χ1) is 7.99. The molecule has 2 amide bonds. The van der Waals surface area contributed by atoms with Gasteiger partial charge in [0.15, 0.2) is 6.61 Å². The van der Waals surface area contributed by atoms with Crippen molar-refractivity contribution in [2.45, 2.75) is 6.92 Å². The lowest BCUT2D eigenvalue weighted by molar-refractivity contribution is -0.143. The number of nitrogens with one attached hydrogen (secondary N) is 2. The third kappa shape index (κ3) is 4.83. The van der Waals surface area contributed by atoms with E-state index in [9.17, 15) is 9.59 Å². The number of anilines is 1. The van der Waals surface area contributed by atoms with Gasteiger partial charge in [0.25, 0.3) is 0 Å². The van der Waals surface area contributed by atoms with E-state index in [0.717, 1.165) is 10.0 Å². The monoisotopic (exact) mass is 302 g/mol. The van der Waals surface area contributed by atoms with Gasteiger partial charge in [-0.3, -0.25) is 4.84 Å². The molecule has 7 heteroatoms. The molecule has 0 saturated heterocycles. The summed E-state index contributed by atoms with van der Waals surface area (Å²) in [4.78, 5) is 25.9. The van der Waals surface area contributed by atoms with Crippen molar-refractivity contribution in [2.75, 3.05) is 11.9 Å². The van der Waals surface area contributed by atoms with E-state index in [0.29, 0.717) is 5.69 Å². The Bertz CT molecular complexity index is 436. The van der Waals surface area contributed by atoms with E-state index >= 15 is 0 Å². The molecule has 17 heavy (non-hydrogen) atoms. The highest BCUT2D eigenvalue weighted by atomic mass is 79.9. The van der Waals surface area contributed by atoms with Crippen molar-refractivity contribution in [3.8, 4) is 0 Å². The zero-order valence-corrected chi connectivity index (χ0v) is 10.6. The van der Waals surface area contributed by atoms with Crippen LogP contribution < -0.4 is 10.8 Å². The molecule has 0 atom stereocenters. The summed E-state index contributed by atoms with van der Waals surface area (Å²) in [6.07, 6.45) is 0. The van der Waals surface area contributed by atoms with E-state index in [1.54, 1.807) is 6.07 Å². The molecule has 92 valence electrons. The molecule has 0 saturated carbocycles. The van der Waals surface area contributed by atoms with Gasteiger partial charge in [0.2, 0.25) is 0 Å². The Labute approximate surface area is 106 Å². The van der Waals surface area contributed by atoms with Crippen LogP contribution in [-0.2, 0) is 9.63 Å². The maximum absolute atomic E-state index is 11.3. The number of carboxylic acids is 1. The maximum atomic E-state index is 11.3. The van der Waals surface area contributed by atoms with Crippen LogP contribution in [-0.4, -0.2) is 23.7 Å². The normalized spacial score (nSPS) is 9.76. The van der Waals surface area contributed by atoms with Crippen LogP contribution in [0.5, 0.6) is 0 Å². The zero-order chi connectivity index (χ0) is 12.8. The van der Waals surface area contributed by atoms with E-state index in [1.165, 1.54) is 0 Å². The smallest absolute Gasteiger partial charge is 0.343 e. The first-order valence-corrected chi connectivity index (χ1v) is 5.45. The number of urea groups is 1. The lowest BCUT2D eigenvalue weighted by Gasteiger charge is -2.09. The molecule has 1 rings (SSSR count). The molecule has 6 nitrogen and oxygen atoms in total. The van der Waals surface area contributed by atoms with E-state index in [1.807, 2.05) is 24.5 Å². The van der Waals surface area contributed by atoms with E-state index < -0.39 is 18.6 Å². The molecule has 0 aromatic heterocycles. The predicted octanol–water partition coefficient (Wildman–Crippen LogP) is 1.90. The fourth-order valence-electron chi connectivity index (χ4n) is 1.04. The summed E-state index contributed by atoms with van der Waals surface area (Å²) in [6.45, 7) is 1.24. The van der Waals surface area contributed by atoms with Gasteiger partial charge < -0.3 is 10.4 Å². The highest BCUT2D eigenvalue weighted by Crippen LogP contribution is 2.20. The molecule has 0 heterocycles. The molecular formula is C10H11BrN2O4. The molecule has 0 spiro atoms. The molecule has 3 N–H and O–H groups in total. The minimum absolute atomic E-state index is 0.592. The Kier molecular flexibility index (Phi) is 4.92. The summed E-state index contributed by atoms with van der Waals surface area (Å²) < 4.78 is 0.824. The second kappa shape index (κ2) is 6.21. The maximum Gasteiger partial charge on any atom is 0.343 e. The van der Waals surface area contributed by atoms with Crippen molar-refractivity contribution in [2.24, 2.45) is 0 Å². The minimum atomic E-state index is -1.16. The largest absolute Gasteiger partial charge is 0.479 e. The number of aliphatic carboxylic acids is 1. The van der Waals surface area contributed by atoms with Gasteiger partial charge in [-0.15, -0.1) is 0 Å². The first-order valence-electron chi connectivity index (χ1n) is 4.66. The van der Waals surface area contributed by atoms with Crippen molar-refractivity contribution in [1.82, 2.24) is 5.48 Å². The molecule has 1 aromatic rings. The standard InChI is InChI=1S/C10H11BrN2O4/c1-6-2-3-7(11)4-8(6)12-10(16)13-17-5-9(14)15/h2-4H,5H2,1H3,(H,14,15)(H2,12,13,16). The lowest BCUT2D eigenvalue weighted by atomic mass is 10.2. The lowest BCUT2D eigenvalue weighted by Crippen LogP contribution is -2.31. The molecule has 0 aliphatic rings. The Morgan fingerprint density at radius 1 is 1.47 bits per heavy atom. The molecule has 0 radical (unpaired) electrons. The fourth-order valence-corrected chi connectivity index (χ4v) is 1.40. The molecule has 0 fully saturated rings. The van der Waals surface area contributed by atoms with Gasteiger partial charge in [-0.1, -0.05) is 22.0 Å². The quantitative estimate of drug-likeness (QED) is 0.741. The highest BCUT2D eigenvalue weighted by Gasteiger charge is 2.05. The van der Waals surface area contributed by atoms with Crippen LogP contribution in [0.25, 0.3) is 0 Å². The second-order valence-electron chi connectivity index (χ2n) is 3.20. The summed E-state index contributed by atoms with van der Waals surface area (Å²) >= 11 is 3.28. The van der Waals surface area contributed by atoms with E-state index in [4.69, 9.17) is 5.11 Å². The van der Waals surface area contributed by atoms with Gasteiger partial charge in [0.05, 0.1) is 0 Å². The van der Waals surface area contributed by atoms with Crippen molar-refractivity contribution in [3.63, 3.8) is 0 Å². The first kappa shape index (κ1) is 13.5. The third-order valence-electron chi connectivity index (χ3n) is 1.81. The van der Waals surface area contributed by atoms with Crippen molar-refractivity contribution >= 4 is 33.6 Å². The second-order valence-corrected chi connectivity index (χ2v) is 4.11. The predicted molar refractivity (Wildman–Crippen MR) is 64.6 cm³/mol. The molecule has 1 aromatic carbocycles. The number of hydroxylamine groups is 1. The molecule has 0 aliphatic heterocycles. The van der Waals surface area contributed by atoms with Crippen molar-refractivity contribution in [3.05, 3.63) is 28.2 Å². The summed E-state index contributed by atoms with van der Waals surface area (Å²) in [7, 11) is 0. The Hall–Kier alpha value is -1.60. The molecule has 0 aliphatic carbocycles. The Morgan fingerprint density at radius 3 is 2.82 bits per heavy atom. The number of aryl methyl sites for hydroxylation is 1. The minimum Gasteiger partial charge on any atom is -0.479 e. The van der Waals surface area contributed by atoms with Crippen LogP contribution in [0, 0.1) is 6.92 Å². The number of benzene rings is 1. The van der Waals surface area contributed by atoms with Gasteiger partial charge in [0.1, 0.15) is 0 Å². The van der Waals surface area contributed by atoms with Crippen LogP contribution in [0.1, 0.15) is 5.56 Å². The Morgan fingerprint density at radius 2 is 2.18 bits per heavy atom. The number of hydrogen-bond acceptors (Lipinski definition) is 3. The number of rotatable bonds is 4. The third-order valence-corrected chi connectivity index (χ3v) is 2.30. The number of carbonyl (C=O) groups is 2. The summed E-state index contributed by atoms with van der Waals surface area (Å²) in [6, 6.07) is 4.77. The van der Waals surface area contributed by atoms with E-state index in [2.05, 4.69) is 26.1 Å². The van der Waals surface area contributed by atoms with Crippen LogP contribution in [0.15, 0.2) is 22.7 Å². The number of amides is 2. The molecular weight excluding hydrogens is 292 g/mol. The van der Waals surface area contributed by atoms with Crippen LogP contribution in [0.3, 0.4) is 0 Å². The van der Waals surface area contributed by atoms with Crippen LogP contribution >= 0.6 is 15.9 Å². The van der Waals surface area contributed by atoms with Gasteiger partial charge in [-0.2, -0.15) is 0 Å². The summed E-state index contributed by atoms with van der Waals surface area (Å²) in [5.41, 5.74) is 3.45. The average Bonchev–Trinajstić information content (AvgIpc) is 2.23. The summed E-state index contributed by atoms with van der Waals surface area (Å²) in [5, 5.41) is 10.8. The van der Waals surface area contributed by atoms with Gasteiger partial charge in [-0.25, -0.2) is 15.1 Å². The van der Waals surface area contributed by atoms with Gasteiger partial charge in [0, 0.05) is 10.2 Å². The highest BCUT2D eigenvalue weighted by molar-refractivity contribution is 9.10. The summed E-state index contributed by atoms with van der Waals surface area (Å²) in [5.74, 6) is -1.16. The van der Waals surface area contributed by atoms with Crippen LogP contribution in [0.2, 0.25) is 0 Å². The van der Waals surface area contributed by atoms with Gasteiger partial charge in [-0.05, 0) is 24.6 Å². The van der Waals surface area contributed by atoms with Crippen molar-refractivity contribution < 1.29 is 19.5 Å². The van der Waals surface area contributed by atoms with Crippen LogP contribution in [0.4, 0.5) is 10.5 Å². The topological polar surface area (TPSA) is 87.7 Å². The Balaban J connectivity index is 2.50.